The number of nitrogens with one attached hydrogen (secondary N) is 1. The van der Waals surface area contributed by atoms with Gasteiger partial charge >= 0.3 is 0 Å². The Morgan fingerprint density at radius 3 is 2.55 bits per heavy atom. The predicted octanol–water partition coefficient (Wildman–Crippen LogP) is 4.27. The number of anilines is 1. The molecule has 0 spiro atoms. The lowest BCUT2D eigenvalue weighted by molar-refractivity contribution is -0.113. The van der Waals surface area contributed by atoms with E-state index in [9.17, 15) is 4.79 Å². The molecule has 0 aliphatic heterocycles. The van der Waals surface area contributed by atoms with Crippen molar-refractivity contribution >= 4 is 23.4 Å². The number of carbonyl (C=O) groups is 1. The molecular formula is C18H21NO2S. The van der Waals surface area contributed by atoms with Gasteiger partial charge in [-0.25, -0.2) is 0 Å². The summed E-state index contributed by atoms with van der Waals surface area (Å²) in [5, 5.41) is 2.90. The number of amides is 1. The number of aryl methyl sites for hydroxylation is 1. The molecule has 0 radical (unpaired) electrons. The summed E-state index contributed by atoms with van der Waals surface area (Å²) in [7, 11) is 0. The van der Waals surface area contributed by atoms with Crippen molar-refractivity contribution in [2.45, 2.75) is 19.6 Å². The van der Waals surface area contributed by atoms with E-state index in [0.29, 0.717) is 12.4 Å². The van der Waals surface area contributed by atoms with Crippen LogP contribution in [0.25, 0.3) is 0 Å². The minimum Gasteiger partial charge on any atom is -0.494 e. The number of hydrogen-bond acceptors (Lipinski definition) is 3. The first kappa shape index (κ1) is 16.4. The first-order chi connectivity index (χ1) is 10.7. The van der Waals surface area contributed by atoms with Gasteiger partial charge in [0.05, 0.1) is 12.4 Å². The summed E-state index contributed by atoms with van der Waals surface area (Å²) in [6.07, 6.45) is 0. The molecule has 2 rings (SSSR count). The first-order valence-electron chi connectivity index (χ1n) is 7.34. The lowest BCUT2D eigenvalue weighted by Crippen LogP contribution is -2.14. The smallest absolute Gasteiger partial charge is 0.234 e. The Kier molecular flexibility index (Phi) is 6.34. The molecule has 0 aliphatic rings. The van der Waals surface area contributed by atoms with Gasteiger partial charge in [-0.3, -0.25) is 4.79 Å². The number of hydrogen-bond donors (Lipinski definition) is 1. The van der Waals surface area contributed by atoms with E-state index in [1.165, 1.54) is 11.1 Å². The van der Waals surface area contributed by atoms with Crippen LogP contribution in [0.5, 0.6) is 5.75 Å². The van der Waals surface area contributed by atoms with Crippen molar-refractivity contribution in [2.75, 3.05) is 17.7 Å². The monoisotopic (exact) mass is 315 g/mol. The normalized spacial score (nSPS) is 10.3. The van der Waals surface area contributed by atoms with Crippen LogP contribution < -0.4 is 10.1 Å². The summed E-state index contributed by atoms with van der Waals surface area (Å²) in [5.41, 5.74) is 3.34. The molecule has 0 heterocycles. The Morgan fingerprint density at radius 1 is 1.14 bits per heavy atom. The fourth-order valence-electron chi connectivity index (χ4n) is 2.02. The van der Waals surface area contributed by atoms with Gasteiger partial charge in [0.15, 0.2) is 0 Å². The maximum absolute atomic E-state index is 11.9. The second kappa shape index (κ2) is 8.49. The van der Waals surface area contributed by atoms with Gasteiger partial charge in [-0.05, 0) is 49.2 Å². The van der Waals surface area contributed by atoms with Gasteiger partial charge in [-0.2, -0.15) is 0 Å². The van der Waals surface area contributed by atoms with Crippen LogP contribution in [0.1, 0.15) is 18.1 Å². The maximum Gasteiger partial charge on any atom is 0.234 e. The highest BCUT2D eigenvalue weighted by molar-refractivity contribution is 7.99. The van der Waals surface area contributed by atoms with E-state index in [0.717, 1.165) is 17.2 Å². The van der Waals surface area contributed by atoms with Crippen LogP contribution in [0, 0.1) is 6.92 Å². The third-order valence-electron chi connectivity index (χ3n) is 3.20. The Balaban J connectivity index is 1.77. The molecule has 0 aromatic heterocycles. The number of thioether (sulfide) groups is 1. The number of ether oxygens (including phenoxy) is 1. The van der Waals surface area contributed by atoms with Crippen molar-refractivity contribution < 1.29 is 9.53 Å². The summed E-state index contributed by atoms with van der Waals surface area (Å²) >= 11 is 1.62. The van der Waals surface area contributed by atoms with Crippen LogP contribution in [0.2, 0.25) is 0 Å². The van der Waals surface area contributed by atoms with Crippen molar-refractivity contribution in [3.63, 3.8) is 0 Å². The molecule has 2 aromatic carbocycles. The predicted molar refractivity (Wildman–Crippen MR) is 93.6 cm³/mol. The molecule has 0 bridgehead atoms. The summed E-state index contributed by atoms with van der Waals surface area (Å²) in [4.78, 5) is 11.9. The third kappa shape index (κ3) is 5.11. The zero-order valence-corrected chi connectivity index (χ0v) is 13.8. The topological polar surface area (TPSA) is 38.3 Å². The van der Waals surface area contributed by atoms with Crippen LogP contribution in [0.15, 0.2) is 48.5 Å². The number of carbonyl (C=O) groups excluding carboxylic acids is 1. The molecule has 2 aromatic rings. The molecule has 0 saturated carbocycles. The lowest BCUT2D eigenvalue weighted by Gasteiger charge is -2.08. The van der Waals surface area contributed by atoms with Crippen LogP contribution in [0.3, 0.4) is 0 Å². The van der Waals surface area contributed by atoms with Crippen molar-refractivity contribution in [3.8, 4) is 5.75 Å². The van der Waals surface area contributed by atoms with Gasteiger partial charge in [0.1, 0.15) is 5.75 Å². The van der Waals surface area contributed by atoms with E-state index in [1.54, 1.807) is 11.8 Å². The molecule has 116 valence electrons. The highest BCUT2D eigenvalue weighted by Crippen LogP contribution is 2.18. The summed E-state index contributed by atoms with van der Waals surface area (Å²) < 4.78 is 5.37. The van der Waals surface area contributed by atoms with Gasteiger partial charge in [0, 0.05) is 11.4 Å². The molecule has 22 heavy (non-hydrogen) atoms. The zero-order chi connectivity index (χ0) is 15.8. The molecule has 4 heteroatoms. The minimum atomic E-state index is 0.0164. The Labute approximate surface area is 136 Å². The second-order valence-corrected chi connectivity index (χ2v) is 5.91. The quantitative estimate of drug-likeness (QED) is 0.829. The summed E-state index contributed by atoms with van der Waals surface area (Å²) in [6, 6.07) is 15.7. The molecule has 3 nitrogen and oxygen atoms in total. The standard InChI is InChI=1S/C18H21NO2S/c1-3-21-17-10-8-16(9-11-17)19-18(20)13-22-12-15-7-5-4-6-14(15)2/h4-11H,3,12-13H2,1-2H3,(H,19,20). The van der Waals surface area contributed by atoms with Crippen LogP contribution in [0.4, 0.5) is 5.69 Å². The van der Waals surface area contributed by atoms with E-state index < -0.39 is 0 Å². The van der Waals surface area contributed by atoms with Gasteiger partial charge in [-0.15, -0.1) is 11.8 Å². The molecular weight excluding hydrogens is 294 g/mol. The Morgan fingerprint density at radius 2 is 1.86 bits per heavy atom. The van der Waals surface area contributed by atoms with E-state index in [2.05, 4.69) is 24.4 Å². The fraction of sp³-hybridized carbons (Fsp3) is 0.278. The van der Waals surface area contributed by atoms with E-state index in [1.807, 2.05) is 43.3 Å². The van der Waals surface area contributed by atoms with E-state index in [4.69, 9.17) is 4.74 Å². The van der Waals surface area contributed by atoms with Gasteiger partial charge in [0.2, 0.25) is 5.91 Å². The maximum atomic E-state index is 11.9. The molecule has 0 fully saturated rings. The molecule has 0 atom stereocenters. The highest BCUT2D eigenvalue weighted by Gasteiger charge is 2.04. The van der Waals surface area contributed by atoms with Crippen molar-refractivity contribution in [1.82, 2.24) is 0 Å². The molecule has 0 aliphatic carbocycles. The molecule has 0 saturated heterocycles. The fourth-order valence-corrected chi connectivity index (χ4v) is 2.93. The van der Waals surface area contributed by atoms with Crippen molar-refractivity contribution in [3.05, 3.63) is 59.7 Å². The third-order valence-corrected chi connectivity index (χ3v) is 4.18. The SMILES string of the molecule is CCOc1ccc(NC(=O)CSCc2ccccc2C)cc1. The lowest BCUT2D eigenvalue weighted by atomic mass is 10.1. The van der Waals surface area contributed by atoms with Crippen LogP contribution in [-0.4, -0.2) is 18.3 Å². The van der Waals surface area contributed by atoms with Crippen LogP contribution in [-0.2, 0) is 10.5 Å². The first-order valence-corrected chi connectivity index (χ1v) is 8.49. The van der Waals surface area contributed by atoms with Crippen LogP contribution >= 0.6 is 11.8 Å². The average molecular weight is 315 g/mol. The second-order valence-electron chi connectivity index (χ2n) is 4.92. The van der Waals surface area contributed by atoms with E-state index in [-0.39, 0.29) is 5.91 Å². The van der Waals surface area contributed by atoms with Crippen molar-refractivity contribution in [1.29, 1.82) is 0 Å². The van der Waals surface area contributed by atoms with Gasteiger partial charge in [-0.1, -0.05) is 24.3 Å². The highest BCUT2D eigenvalue weighted by atomic mass is 32.2. The Hall–Kier alpha value is -1.94. The minimum absolute atomic E-state index is 0.0164. The zero-order valence-electron chi connectivity index (χ0n) is 13.0. The number of rotatable bonds is 7. The largest absolute Gasteiger partial charge is 0.494 e. The summed E-state index contributed by atoms with van der Waals surface area (Å²) in [5.74, 6) is 2.13. The molecule has 1 N–H and O–H groups in total. The van der Waals surface area contributed by atoms with E-state index >= 15 is 0 Å². The Bertz CT molecular complexity index is 611. The summed E-state index contributed by atoms with van der Waals surface area (Å²) in [6.45, 7) is 4.68. The average Bonchev–Trinajstić information content (AvgIpc) is 2.51. The van der Waals surface area contributed by atoms with Crippen molar-refractivity contribution in [2.24, 2.45) is 0 Å². The van der Waals surface area contributed by atoms with Gasteiger partial charge < -0.3 is 10.1 Å². The molecule has 1 amide bonds. The number of benzene rings is 2. The van der Waals surface area contributed by atoms with Gasteiger partial charge in [0.25, 0.3) is 0 Å². The molecule has 0 unspecified atom stereocenters.